The van der Waals surface area contributed by atoms with E-state index >= 15 is 0 Å². The molecule has 136 valence electrons. The highest BCUT2D eigenvalue weighted by Crippen LogP contribution is 2.27. The highest BCUT2D eigenvalue weighted by atomic mass is 32.2. The van der Waals surface area contributed by atoms with Gasteiger partial charge in [0.25, 0.3) is 10.1 Å². The van der Waals surface area contributed by atoms with E-state index < -0.39 is 10.1 Å². The third-order valence-electron chi connectivity index (χ3n) is 4.36. The summed E-state index contributed by atoms with van der Waals surface area (Å²) in [5.74, 6) is 0.652. The van der Waals surface area contributed by atoms with E-state index in [2.05, 4.69) is 10.3 Å². The summed E-state index contributed by atoms with van der Waals surface area (Å²) in [5.41, 5.74) is 1.01. The van der Waals surface area contributed by atoms with Crippen LogP contribution in [0.2, 0.25) is 0 Å². The van der Waals surface area contributed by atoms with Crippen molar-refractivity contribution in [1.29, 1.82) is 0 Å². The molecule has 25 heavy (non-hydrogen) atoms. The smallest absolute Gasteiger partial charge is 0.297 e. The van der Waals surface area contributed by atoms with Gasteiger partial charge in [-0.15, -0.1) is 5.10 Å². The Kier molecular flexibility index (Phi) is 5.39. The summed E-state index contributed by atoms with van der Waals surface area (Å²) in [5, 5.41) is 7.79. The Bertz CT molecular complexity index is 794. The number of hydrogen-bond acceptors (Lipinski definition) is 6. The van der Waals surface area contributed by atoms with Crippen LogP contribution < -0.4 is 4.74 Å². The summed E-state index contributed by atoms with van der Waals surface area (Å²) < 4.78 is 37.8. The largest absolute Gasteiger partial charge is 0.473 e. The van der Waals surface area contributed by atoms with Crippen molar-refractivity contribution in [3.05, 3.63) is 36.0 Å². The zero-order chi connectivity index (χ0) is 17.9. The molecule has 0 aliphatic heterocycles. The van der Waals surface area contributed by atoms with Gasteiger partial charge in [-0.25, -0.2) is 4.68 Å². The normalized spacial score (nSPS) is 21.2. The van der Waals surface area contributed by atoms with Gasteiger partial charge in [-0.05, 0) is 51.7 Å². The minimum absolute atomic E-state index is 0.0331. The number of hydrogen-bond donors (Lipinski definition) is 0. The monoisotopic (exact) mass is 365 g/mol. The van der Waals surface area contributed by atoms with Crippen molar-refractivity contribution < 1.29 is 17.3 Å². The van der Waals surface area contributed by atoms with Crippen LogP contribution in [0, 0.1) is 6.92 Å². The van der Waals surface area contributed by atoms with Crippen LogP contribution in [-0.4, -0.2) is 35.6 Å². The van der Waals surface area contributed by atoms with Gasteiger partial charge < -0.3 is 4.74 Å². The summed E-state index contributed by atoms with van der Waals surface area (Å²) >= 11 is 0. The zero-order valence-corrected chi connectivity index (χ0v) is 15.3. The van der Waals surface area contributed by atoms with Gasteiger partial charge in [0.1, 0.15) is 12.3 Å². The molecule has 1 saturated carbocycles. The average molecular weight is 365 g/mol. The van der Waals surface area contributed by atoms with Gasteiger partial charge in [-0.2, -0.15) is 8.42 Å². The lowest BCUT2D eigenvalue weighted by atomic mass is 9.95. The number of aryl methyl sites for hydroxylation is 2. The van der Waals surface area contributed by atoms with Gasteiger partial charge in [-0.3, -0.25) is 4.18 Å². The highest BCUT2D eigenvalue weighted by Gasteiger charge is 2.28. The maximum atomic E-state index is 12.4. The summed E-state index contributed by atoms with van der Waals surface area (Å²) in [6.45, 7) is 4.59. The second kappa shape index (κ2) is 7.53. The van der Waals surface area contributed by atoms with Gasteiger partial charge in [0.15, 0.2) is 0 Å². The molecular weight excluding hydrogens is 342 g/mol. The van der Waals surface area contributed by atoms with Gasteiger partial charge in [0.2, 0.25) is 5.88 Å². The van der Waals surface area contributed by atoms with Gasteiger partial charge in [-0.1, -0.05) is 22.9 Å². The summed E-state index contributed by atoms with van der Waals surface area (Å²) in [7, 11) is -3.72. The molecule has 1 aromatic heterocycles. The number of nitrogens with zero attached hydrogens (tertiary/aromatic N) is 3. The number of aromatic nitrogens is 3. The summed E-state index contributed by atoms with van der Waals surface area (Å²) in [4.78, 5) is 0.203. The lowest BCUT2D eigenvalue weighted by Crippen LogP contribution is -2.30. The topological polar surface area (TPSA) is 83.3 Å². The molecule has 1 fully saturated rings. The van der Waals surface area contributed by atoms with Crippen molar-refractivity contribution in [3.63, 3.8) is 0 Å². The predicted octanol–water partition coefficient (Wildman–Crippen LogP) is 2.70. The molecule has 8 heteroatoms. The Labute approximate surface area is 148 Å². The molecule has 7 nitrogen and oxygen atoms in total. The van der Waals surface area contributed by atoms with E-state index in [4.69, 9.17) is 8.92 Å². The van der Waals surface area contributed by atoms with E-state index in [0.717, 1.165) is 18.4 Å². The van der Waals surface area contributed by atoms with Crippen LogP contribution in [0.4, 0.5) is 0 Å². The van der Waals surface area contributed by atoms with Crippen molar-refractivity contribution in [3.8, 4) is 5.88 Å². The fourth-order valence-electron chi connectivity index (χ4n) is 2.92. The van der Waals surface area contributed by atoms with Crippen molar-refractivity contribution in [2.24, 2.45) is 0 Å². The Hall–Kier alpha value is -1.93. The molecule has 1 aliphatic rings. The molecular formula is C17H23N3O4S. The van der Waals surface area contributed by atoms with Crippen LogP contribution in [0.5, 0.6) is 5.88 Å². The Morgan fingerprint density at radius 1 is 1.12 bits per heavy atom. The Morgan fingerprint density at radius 3 is 2.40 bits per heavy atom. The van der Waals surface area contributed by atoms with E-state index in [-0.39, 0.29) is 17.1 Å². The van der Waals surface area contributed by atoms with Crippen LogP contribution in [0.25, 0.3) is 0 Å². The molecule has 0 radical (unpaired) electrons. The van der Waals surface area contributed by atoms with Crippen molar-refractivity contribution in [1.82, 2.24) is 15.0 Å². The lowest BCUT2D eigenvalue weighted by Gasteiger charge is -2.28. The maximum Gasteiger partial charge on any atom is 0.297 e. The molecule has 0 bridgehead atoms. The van der Waals surface area contributed by atoms with Crippen LogP contribution >= 0.6 is 0 Å². The molecule has 1 aromatic carbocycles. The average Bonchev–Trinajstić information content (AvgIpc) is 3.04. The van der Waals surface area contributed by atoms with E-state index in [1.54, 1.807) is 35.1 Å². The number of rotatable bonds is 6. The van der Waals surface area contributed by atoms with Gasteiger partial charge in [0, 0.05) is 6.54 Å². The molecule has 0 saturated heterocycles. The van der Waals surface area contributed by atoms with E-state index in [1.165, 1.54) is 0 Å². The summed E-state index contributed by atoms with van der Waals surface area (Å²) in [6, 6.07) is 6.70. The van der Waals surface area contributed by atoms with Crippen LogP contribution in [0.1, 0.15) is 38.2 Å². The van der Waals surface area contributed by atoms with Crippen LogP contribution in [-0.2, 0) is 20.8 Å². The van der Waals surface area contributed by atoms with Crippen LogP contribution in [0.3, 0.4) is 0 Å². The molecule has 0 N–H and O–H groups in total. The fourth-order valence-corrected chi connectivity index (χ4v) is 4.05. The minimum atomic E-state index is -3.72. The molecule has 1 heterocycles. The lowest BCUT2D eigenvalue weighted by molar-refractivity contribution is 0.0780. The van der Waals surface area contributed by atoms with Gasteiger partial charge >= 0.3 is 0 Å². The van der Waals surface area contributed by atoms with Crippen molar-refractivity contribution in [2.45, 2.75) is 63.2 Å². The second-order valence-corrected chi connectivity index (χ2v) is 7.84. The first kappa shape index (κ1) is 17.9. The first-order chi connectivity index (χ1) is 12.0. The van der Waals surface area contributed by atoms with E-state index in [0.29, 0.717) is 25.3 Å². The van der Waals surface area contributed by atoms with Crippen molar-refractivity contribution in [2.75, 3.05) is 0 Å². The van der Waals surface area contributed by atoms with E-state index in [1.807, 2.05) is 13.8 Å². The molecule has 0 spiro atoms. The molecule has 3 rings (SSSR count). The minimum Gasteiger partial charge on any atom is -0.473 e. The summed E-state index contributed by atoms with van der Waals surface area (Å²) in [6.07, 6.45) is 4.10. The molecule has 0 unspecified atom stereocenters. The molecule has 2 aromatic rings. The number of ether oxygens (including phenoxy) is 1. The SMILES string of the molecule is CCn1nncc1OC1CCC(OS(=O)(=O)c2ccc(C)cc2)CC1. The third-order valence-corrected chi connectivity index (χ3v) is 5.74. The fraction of sp³-hybridized carbons (Fsp3) is 0.529. The number of benzene rings is 1. The molecule has 1 aliphatic carbocycles. The van der Waals surface area contributed by atoms with E-state index in [9.17, 15) is 8.42 Å². The molecule has 0 atom stereocenters. The van der Waals surface area contributed by atoms with Gasteiger partial charge in [0.05, 0.1) is 11.0 Å². The highest BCUT2D eigenvalue weighted by molar-refractivity contribution is 7.86. The quantitative estimate of drug-likeness (QED) is 0.732. The standard InChI is InChI=1S/C17H23N3O4S/c1-3-20-17(12-18-19-20)23-14-6-8-15(9-7-14)24-25(21,22)16-10-4-13(2)5-11-16/h4-5,10-12,14-15H,3,6-9H2,1-2H3. The second-order valence-electron chi connectivity index (χ2n) is 6.27. The Balaban J connectivity index is 1.54. The maximum absolute atomic E-state index is 12.4. The third kappa shape index (κ3) is 4.38. The first-order valence-corrected chi connectivity index (χ1v) is 9.94. The van der Waals surface area contributed by atoms with Crippen molar-refractivity contribution >= 4 is 10.1 Å². The first-order valence-electron chi connectivity index (χ1n) is 8.53. The molecule has 0 amide bonds. The van der Waals surface area contributed by atoms with Crippen LogP contribution in [0.15, 0.2) is 35.4 Å². The predicted molar refractivity (Wildman–Crippen MR) is 91.8 cm³/mol. The zero-order valence-electron chi connectivity index (χ0n) is 14.5. The Morgan fingerprint density at radius 2 is 1.76 bits per heavy atom.